The van der Waals surface area contributed by atoms with Gasteiger partial charge in [-0.15, -0.1) is 0 Å². The summed E-state index contributed by atoms with van der Waals surface area (Å²) >= 11 is 5.02. The lowest BCUT2D eigenvalue weighted by Crippen LogP contribution is -2.47. The minimum absolute atomic E-state index is 0.0000152. The van der Waals surface area contributed by atoms with E-state index in [2.05, 4.69) is 16.2 Å². The van der Waals surface area contributed by atoms with Crippen LogP contribution in [0.5, 0.6) is 0 Å². The van der Waals surface area contributed by atoms with Crippen LogP contribution in [0.3, 0.4) is 0 Å². The smallest absolute Gasteiger partial charge is 0.305 e. The highest BCUT2D eigenvalue weighted by atomic mass is 32.2. The van der Waals surface area contributed by atoms with E-state index in [9.17, 15) is 13.2 Å². The number of amides is 1. The quantitative estimate of drug-likeness (QED) is 0.535. The Labute approximate surface area is 150 Å². The summed E-state index contributed by atoms with van der Waals surface area (Å²) in [6, 6.07) is 11.3. The molecule has 0 atom stereocenters. The van der Waals surface area contributed by atoms with Crippen LogP contribution in [0.15, 0.2) is 51.8 Å². The molecule has 0 unspecified atom stereocenters. The number of hydrogen-bond donors (Lipinski definition) is 3. The monoisotopic (exact) mass is 379 g/mol. The van der Waals surface area contributed by atoms with E-state index in [0.717, 1.165) is 12.8 Å². The van der Waals surface area contributed by atoms with E-state index < -0.39 is 15.7 Å². The van der Waals surface area contributed by atoms with Gasteiger partial charge in [-0.1, -0.05) is 18.2 Å². The maximum atomic E-state index is 12.3. The lowest BCUT2D eigenvalue weighted by Gasteiger charge is -2.09. The lowest BCUT2D eigenvalue weighted by atomic mass is 10.4. The first-order valence-electron chi connectivity index (χ1n) is 7.67. The van der Waals surface area contributed by atoms with E-state index in [1.807, 2.05) is 0 Å². The van der Waals surface area contributed by atoms with Crippen molar-refractivity contribution in [2.75, 3.05) is 0 Å². The summed E-state index contributed by atoms with van der Waals surface area (Å²) < 4.78 is 29.9. The first-order chi connectivity index (χ1) is 11.9. The van der Waals surface area contributed by atoms with Crippen molar-refractivity contribution in [3.05, 3.63) is 54.0 Å². The zero-order valence-corrected chi connectivity index (χ0v) is 14.8. The zero-order chi connectivity index (χ0) is 17.9. The fraction of sp³-hybridized carbons (Fsp3) is 0.250. The average Bonchev–Trinajstić information content (AvgIpc) is 3.29. The van der Waals surface area contributed by atoms with Gasteiger partial charge in [-0.3, -0.25) is 15.6 Å². The fourth-order valence-electron chi connectivity index (χ4n) is 2.10. The van der Waals surface area contributed by atoms with Crippen molar-refractivity contribution in [2.24, 2.45) is 0 Å². The molecule has 7 nitrogen and oxygen atoms in total. The van der Waals surface area contributed by atoms with Gasteiger partial charge in [0.25, 0.3) is 0 Å². The molecule has 0 aliphatic heterocycles. The van der Waals surface area contributed by atoms with Crippen LogP contribution in [0.1, 0.15) is 29.2 Å². The molecule has 2 aromatic rings. The molecule has 1 aromatic carbocycles. The number of nitrogens with one attached hydrogen (secondary N) is 3. The minimum atomic E-state index is -3.53. The molecule has 1 fully saturated rings. The topological polar surface area (TPSA) is 100 Å². The Hall–Kier alpha value is -2.39. The van der Waals surface area contributed by atoms with Crippen molar-refractivity contribution < 1.29 is 17.6 Å². The van der Waals surface area contributed by atoms with Crippen molar-refractivity contribution in [3.8, 4) is 0 Å². The maximum Gasteiger partial charge on any atom is 0.305 e. The summed E-state index contributed by atoms with van der Waals surface area (Å²) in [7, 11) is -3.53. The van der Waals surface area contributed by atoms with E-state index in [1.165, 1.54) is 24.3 Å². The van der Waals surface area contributed by atoms with Crippen molar-refractivity contribution in [2.45, 2.75) is 29.5 Å². The first-order valence-corrected chi connectivity index (χ1v) is 9.73. The number of sulfone groups is 1. The molecule has 1 saturated carbocycles. The number of carbonyl (C=O) groups excluding carboxylic acids is 1. The summed E-state index contributed by atoms with van der Waals surface area (Å²) in [6.07, 6.45) is 2.13. The molecular weight excluding hydrogens is 362 g/mol. The Morgan fingerprint density at radius 3 is 2.52 bits per heavy atom. The van der Waals surface area contributed by atoms with Gasteiger partial charge in [-0.2, -0.15) is 0 Å². The average molecular weight is 379 g/mol. The van der Waals surface area contributed by atoms with Crippen LogP contribution in [-0.2, 0) is 15.6 Å². The summed E-state index contributed by atoms with van der Waals surface area (Å²) in [5, 5.41) is 3.34. The molecule has 1 aliphatic carbocycles. The predicted octanol–water partition coefficient (Wildman–Crippen LogP) is 1.52. The molecule has 3 N–H and O–H groups in total. The number of hydrogen-bond acceptors (Lipinski definition) is 5. The van der Waals surface area contributed by atoms with Crippen LogP contribution in [0.2, 0.25) is 0 Å². The lowest BCUT2D eigenvalue weighted by molar-refractivity contribution is 0.0914. The molecule has 1 heterocycles. The third-order valence-corrected chi connectivity index (χ3v) is 5.40. The summed E-state index contributed by atoms with van der Waals surface area (Å²) in [5.74, 6) is -0.671. The first kappa shape index (κ1) is 17.4. The highest BCUT2D eigenvalue weighted by molar-refractivity contribution is 7.90. The normalized spacial score (nSPS) is 13.9. The van der Waals surface area contributed by atoms with E-state index in [1.54, 1.807) is 18.2 Å². The maximum absolute atomic E-state index is 12.3. The highest BCUT2D eigenvalue weighted by Gasteiger charge is 2.22. The van der Waals surface area contributed by atoms with Crippen LogP contribution in [0.4, 0.5) is 0 Å². The van der Waals surface area contributed by atoms with E-state index in [-0.39, 0.29) is 22.2 Å². The second-order valence-electron chi connectivity index (χ2n) is 5.66. The number of hydrazine groups is 1. The van der Waals surface area contributed by atoms with Gasteiger partial charge < -0.3 is 9.73 Å². The van der Waals surface area contributed by atoms with Crippen molar-refractivity contribution >= 4 is 33.1 Å². The SMILES string of the molecule is O=C(NNC(=S)NC1CC1)c1ccc(CS(=O)(=O)c2ccccc2)o1. The third kappa shape index (κ3) is 4.80. The third-order valence-electron chi connectivity index (χ3n) is 3.52. The Morgan fingerprint density at radius 1 is 1.12 bits per heavy atom. The predicted molar refractivity (Wildman–Crippen MR) is 95.4 cm³/mol. The molecule has 1 amide bonds. The molecule has 9 heteroatoms. The van der Waals surface area contributed by atoms with Crippen molar-refractivity contribution in [1.82, 2.24) is 16.2 Å². The second-order valence-corrected chi connectivity index (χ2v) is 8.06. The molecule has 132 valence electrons. The molecule has 25 heavy (non-hydrogen) atoms. The van der Waals surface area contributed by atoms with Gasteiger partial charge in [-0.05, 0) is 49.3 Å². The zero-order valence-electron chi connectivity index (χ0n) is 13.2. The molecule has 1 aliphatic rings. The number of carbonyl (C=O) groups is 1. The van der Waals surface area contributed by atoms with Gasteiger partial charge in [0.05, 0.1) is 4.90 Å². The number of benzene rings is 1. The van der Waals surface area contributed by atoms with Crippen LogP contribution >= 0.6 is 12.2 Å². The Kier molecular flexibility index (Phi) is 5.05. The highest BCUT2D eigenvalue weighted by Crippen LogP contribution is 2.19. The Balaban J connectivity index is 1.58. The van der Waals surface area contributed by atoms with Gasteiger partial charge in [0.1, 0.15) is 11.5 Å². The standard InChI is InChI=1S/C16H17N3O4S2/c20-15(18-19-16(24)17-11-6-7-11)14-9-8-12(23-14)10-25(21,22)13-4-2-1-3-5-13/h1-5,8-9,11H,6-7,10H2,(H,18,20)(H2,17,19,24). The molecule has 1 aromatic heterocycles. The minimum Gasteiger partial charge on any atom is -0.455 e. The van der Waals surface area contributed by atoms with E-state index in [0.29, 0.717) is 11.2 Å². The molecule has 0 radical (unpaired) electrons. The molecule has 0 spiro atoms. The van der Waals surface area contributed by atoms with Crippen molar-refractivity contribution in [3.63, 3.8) is 0 Å². The summed E-state index contributed by atoms with van der Waals surface area (Å²) in [6.45, 7) is 0. The second kappa shape index (κ2) is 7.24. The van der Waals surface area contributed by atoms with Crippen molar-refractivity contribution in [1.29, 1.82) is 0 Å². The number of rotatable bonds is 5. The molecule has 0 saturated heterocycles. The molecule has 0 bridgehead atoms. The number of thiocarbonyl (C=S) groups is 1. The number of furan rings is 1. The largest absolute Gasteiger partial charge is 0.455 e. The fourth-order valence-corrected chi connectivity index (χ4v) is 3.59. The van der Waals surface area contributed by atoms with Gasteiger partial charge >= 0.3 is 5.91 Å². The van der Waals surface area contributed by atoms with E-state index >= 15 is 0 Å². The van der Waals surface area contributed by atoms with Gasteiger partial charge in [-0.25, -0.2) is 8.42 Å². The Morgan fingerprint density at radius 2 is 1.84 bits per heavy atom. The van der Waals surface area contributed by atoms with Gasteiger partial charge in [0.15, 0.2) is 20.7 Å². The van der Waals surface area contributed by atoms with E-state index in [4.69, 9.17) is 16.6 Å². The van der Waals surface area contributed by atoms with Gasteiger partial charge in [0.2, 0.25) is 0 Å². The van der Waals surface area contributed by atoms with Crippen LogP contribution in [0, 0.1) is 0 Å². The van der Waals surface area contributed by atoms with Crippen LogP contribution in [-0.4, -0.2) is 25.5 Å². The molecular formula is C16H17N3O4S2. The van der Waals surface area contributed by atoms with Crippen LogP contribution in [0.25, 0.3) is 0 Å². The summed E-state index contributed by atoms with van der Waals surface area (Å²) in [5.41, 5.74) is 4.98. The molecule has 3 rings (SSSR count). The van der Waals surface area contributed by atoms with Gasteiger partial charge in [0, 0.05) is 6.04 Å². The Bertz CT molecular complexity index is 874. The summed E-state index contributed by atoms with van der Waals surface area (Å²) in [4.78, 5) is 12.2. The van der Waals surface area contributed by atoms with Crippen LogP contribution < -0.4 is 16.2 Å².